The third kappa shape index (κ3) is 2.49. The smallest absolute Gasteiger partial charge is 0.327 e. The summed E-state index contributed by atoms with van der Waals surface area (Å²) in [5.74, 6) is 0.407. The third-order valence-corrected chi connectivity index (χ3v) is 4.14. The Kier molecular flexibility index (Phi) is 3.39. The van der Waals surface area contributed by atoms with Crippen LogP contribution in [-0.2, 0) is 9.59 Å². The topological polar surface area (TPSA) is 83.6 Å². The van der Waals surface area contributed by atoms with Gasteiger partial charge in [-0.1, -0.05) is 0 Å². The first kappa shape index (κ1) is 11.7. The summed E-state index contributed by atoms with van der Waals surface area (Å²) in [6.45, 7) is 0. The second kappa shape index (κ2) is 4.63. The van der Waals surface area contributed by atoms with Gasteiger partial charge in [-0.25, -0.2) is 4.79 Å². The molecule has 16 heavy (non-hydrogen) atoms. The van der Waals surface area contributed by atoms with Crippen LogP contribution in [0, 0.1) is 5.92 Å². The summed E-state index contributed by atoms with van der Waals surface area (Å²) in [6.07, 6.45) is 2.49. The molecule has 0 bridgehead atoms. The molecule has 2 atom stereocenters. The maximum Gasteiger partial charge on any atom is 0.327 e. The molecule has 1 heterocycles. The molecular formula is C10H16N2O3S. The molecule has 1 saturated heterocycles. The lowest BCUT2D eigenvalue weighted by molar-refractivity contribution is -0.147. The van der Waals surface area contributed by atoms with Crippen molar-refractivity contribution in [2.24, 2.45) is 11.7 Å². The van der Waals surface area contributed by atoms with Crippen LogP contribution >= 0.6 is 11.8 Å². The molecule has 5 nitrogen and oxygen atoms in total. The standard InChI is InChI=1S/C10H16N2O3S/c11-7(6-1-2-6)3-9(13)12-5-16-4-8(12)10(14)15/h6-8H,1-5,11H2,(H,14,15)/t7?,8-/m0/s1. The normalized spacial score (nSPS) is 26.8. The Labute approximate surface area is 98.4 Å². The maximum absolute atomic E-state index is 11.9. The van der Waals surface area contributed by atoms with Crippen LogP contribution < -0.4 is 5.73 Å². The first-order chi connectivity index (χ1) is 7.59. The van der Waals surface area contributed by atoms with Gasteiger partial charge in [0, 0.05) is 18.2 Å². The maximum atomic E-state index is 11.9. The summed E-state index contributed by atoms with van der Waals surface area (Å²) in [5.41, 5.74) is 5.87. The number of carboxylic acids is 1. The number of hydrogen-bond donors (Lipinski definition) is 2. The largest absolute Gasteiger partial charge is 0.480 e. The molecule has 1 aliphatic heterocycles. The predicted molar refractivity (Wildman–Crippen MR) is 60.9 cm³/mol. The predicted octanol–water partition coefficient (Wildman–Crippen LogP) is 0.0999. The Morgan fingerprint density at radius 3 is 2.75 bits per heavy atom. The van der Waals surface area contributed by atoms with Crippen molar-refractivity contribution in [1.29, 1.82) is 0 Å². The molecule has 1 unspecified atom stereocenters. The van der Waals surface area contributed by atoms with Gasteiger partial charge in [0.2, 0.25) is 5.91 Å². The zero-order valence-electron chi connectivity index (χ0n) is 8.96. The Balaban J connectivity index is 1.90. The fourth-order valence-electron chi connectivity index (χ4n) is 1.90. The van der Waals surface area contributed by atoms with E-state index in [-0.39, 0.29) is 18.4 Å². The third-order valence-electron chi connectivity index (χ3n) is 3.13. The van der Waals surface area contributed by atoms with E-state index in [0.717, 1.165) is 12.8 Å². The molecule has 1 saturated carbocycles. The average molecular weight is 244 g/mol. The Morgan fingerprint density at radius 2 is 2.19 bits per heavy atom. The van der Waals surface area contributed by atoms with Gasteiger partial charge in [-0.05, 0) is 18.8 Å². The number of nitrogens with two attached hydrogens (primary N) is 1. The zero-order chi connectivity index (χ0) is 11.7. The average Bonchev–Trinajstić information content (AvgIpc) is 2.94. The van der Waals surface area contributed by atoms with E-state index >= 15 is 0 Å². The highest BCUT2D eigenvalue weighted by atomic mass is 32.2. The molecule has 0 spiro atoms. The molecule has 0 aromatic heterocycles. The highest BCUT2D eigenvalue weighted by molar-refractivity contribution is 7.99. The summed E-state index contributed by atoms with van der Waals surface area (Å²) in [6, 6.07) is -0.753. The Bertz CT molecular complexity index is 306. The Hall–Kier alpha value is -0.750. The van der Waals surface area contributed by atoms with Crippen molar-refractivity contribution in [2.75, 3.05) is 11.6 Å². The minimum Gasteiger partial charge on any atom is -0.480 e. The van der Waals surface area contributed by atoms with Crippen LogP contribution in [0.3, 0.4) is 0 Å². The minimum absolute atomic E-state index is 0.0902. The van der Waals surface area contributed by atoms with Crippen molar-refractivity contribution >= 4 is 23.6 Å². The van der Waals surface area contributed by atoms with E-state index < -0.39 is 12.0 Å². The number of nitrogens with zero attached hydrogens (tertiary/aromatic N) is 1. The molecule has 6 heteroatoms. The van der Waals surface area contributed by atoms with E-state index in [1.807, 2.05) is 0 Å². The van der Waals surface area contributed by atoms with Gasteiger partial charge in [0.15, 0.2) is 0 Å². The fourth-order valence-corrected chi connectivity index (χ4v) is 3.07. The quantitative estimate of drug-likeness (QED) is 0.733. The first-order valence-corrected chi connectivity index (χ1v) is 6.60. The zero-order valence-corrected chi connectivity index (χ0v) is 9.78. The number of amides is 1. The van der Waals surface area contributed by atoms with Crippen molar-refractivity contribution in [3.05, 3.63) is 0 Å². The van der Waals surface area contributed by atoms with Crippen LogP contribution in [-0.4, -0.2) is 45.6 Å². The van der Waals surface area contributed by atoms with Gasteiger partial charge in [0.1, 0.15) is 6.04 Å². The van der Waals surface area contributed by atoms with Gasteiger partial charge in [-0.3, -0.25) is 4.79 Å². The van der Waals surface area contributed by atoms with Crippen LogP contribution in [0.15, 0.2) is 0 Å². The number of carboxylic acid groups (broad SMARTS) is 1. The van der Waals surface area contributed by atoms with Crippen molar-refractivity contribution in [3.63, 3.8) is 0 Å². The van der Waals surface area contributed by atoms with Crippen LogP contribution in [0.4, 0.5) is 0 Å². The summed E-state index contributed by atoms with van der Waals surface area (Å²) in [7, 11) is 0. The molecule has 2 fully saturated rings. The summed E-state index contributed by atoms with van der Waals surface area (Å²) >= 11 is 1.48. The van der Waals surface area contributed by atoms with Gasteiger partial charge in [0.25, 0.3) is 0 Å². The first-order valence-electron chi connectivity index (χ1n) is 5.45. The number of rotatable bonds is 4. The molecule has 2 rings (SSSR count). The van der Waals surface area contributed by atoms with Crippen molar-refractivity contribution in [1.82, 2.24) is 4.90 Å². The van der Waals surface area contributed by atoms with Gasteiger partial charge in [-0.2, -0.15) is 0 Å². The summed E-state index contributed by atoms with van der Waals surface area (Å²) in [4.78, 5) is 24.2. The van der Waals surface area contributed by atoms with E-state index in [1.54, 1.807) is 0 Å². The highest BCUT2D eigenvalue weighted by Gasteiger charge is 2.37. The Morgan fingerprint density at radius 1 is 1.50 bits per heavy atom. The van der Waals surface area contributed by atoms with Gasteiger partial charge < -0.3 is 15.7 Å². The van der Waals surface area contributed by atoms with E-state index in [1.165, 1.54) is 16.7 Å². The van der Waals surface area contributed by atoms with Gasteiger partial charge >= 0.3 is 5.97 Å². The van der Waals surface area contributed by atoms with E-state index in [9.17, 15) is 9.59 Å². The van der Waals surface area contributed by atoms with Crippen molar-refractivity contribution in [2.45, 2.75) is 31.3 Å². The van der Waals surface area contributed by atoms with Gasteiger partial charge in [-0.15, -0.1) is 11.8 Å². The lowest BCUT2D eigenvalue weighted by Gasteiger charge is -2.22. The van der Waals surface area contributed by atoms with E-state index in [2.05, 4.69) is 0 Å². The summed E-state index contributed by atoms with van der Waals surface area (Å²) < 4.78 is 0. The molecule has 1 amide bonds. The van der Waals surface area contributed by atoms with Crippen molar-refractivity contribution in [3.8, 4) is 0 Å². The fraction of sp³-hybridized carbons (Fsp3) is 0.800. The number of aliphatic carboxylic acids is 1. The number of thioether (sulfide) groups is 1. The molecule has 1 aliphatic carbocycles. The van der Waals surface area contributed by atoms with Crippen LogP contribution in [0.2, 0.25) is 0 Å². The monoisotopic (exact) mass is 244 g/mol. The molecular weight excluding hydrogens is 228 g/mol. The second-order valence-electron chi connectivity index (χ2n) is 4.42. The SMILES string of the molecule is NC(CC(=O)N1CSC[C@H]1C(=O)O)C1CC1. The highest BCUT2D eigenvalue weighted by Crippen LogP contribution is 2.33. The lowest BCUT2D eigenvalue weighted by Crippen LogP contribution is -2.44. The van der Waals surface area contributed by atoms with E-state index in [0.29, 0.717) is 17.5 Å². The molecule has 90 valence electrons. The van der Waals surface area contributed by atoms with Crippen LogP contribution in [0.25, 0.3) is 0 Å². The van der Waals surface area contributed by atoms with Crippen LogP contribution in [0.1, 0.15) is 19.3 Å². The van der Waals surface area contributed by atoms with Crippen molar-refractivity contribution < 1.29 is 14.7 Å². The number of hydrogen-bond acceptors (Lipinski definition) is 4. The minimum atomic E-state index is -0.918. The molecule has 3 N–H and O–H groups in total. The van der Waals surface area contributed by atoms with Gasteiger partial charge in [0.05, 0.1) is 5.88 Å². The second-order valence-corrected chi connectivity index (χ2v) is 5.42. The molecule has 0 radical (unpaired) electrons. The van der Waals surface area contributed by atoms with Crippen LogP contribution in [0.5, 0.6) is 0 Å². The molecule has 2 aliphatic rings. The molecule has 0 aromatic rings. The molecule has 0 aromatic carbocycles. The number of carbonyl (C=O) groups is 2. The van der Waals surface area contributed by atoms with E-state index in [4.69, 9.17) is 10.8 Å². The summed E-state index contributed by atoms with van der Waals surface area (Å²) in [5, 5.41) is 8.95. The lowest BCUT2D eigenvalue weighted by atomic mass is 10.1. The number of carbonyl (C=O) groups excluding carboxylic acids is 1.